The van der Waals surface area contributed by atoms with Crippen molar-refractivity contribution in [3.8, 4) is 5.75 Å². The van der Waals surface area contributed by atoms with Crippen LogP contribution < -0.4 is 10.1 Å². The second-order valence-corrected chi connectivity index (χ2v) is 5.23. The number of hydrogen-bond donors (Lipinski definition) is 1. The summed E-state index contributed by atoms with van der Waals surface area (Å²) >= 11 is 3.50. The van der Waals surface area contributed by atoms with Crippen LogP contribution in [-0.2, 0) is 13.0 Å². The summed E-state index contributed by atoms with van der Waals surface area (Å²) in [6.45, 7) is 2.97. The van der Waals surface area contributed by atoms with Gasteiger partial charge in [-0.2, -0.15) is 0 Å². The maximum Gasteiger partial charge on any atom is 0.133 e. The molecular weight excluding hydrogens is 302 g/mol. The van der Waals surface area contributed by atoms with Crippen molar-refractivity contribution < 1.29 is 4.74 Å². The molecule has 0 bridgehead atoms. The van der Waals surface area contributed by atoms with Crippen molar-refractivity contribution in [1.29, 1.82) is 0 Å². The number of methoxy groups -OCH3 is 1. The molecule has 0 spiro atoms. The van der Waals surface area contributed by atoms with E-state index in [4.69, 9.17) is 4.74 Å². The van der Waals surface area contributed by atoms with Crippen molar-refractivity contribution >= 4 is 21.6 Å². The van der Waals surface area contributed by atoms with E-state index >= 15 is 0 Å². The SMILES string of the molecule is CCc1cccc(NCc2ccc(OC)c(Br)c2)c1. The highest BCUT2D eigenvalue weighted by atomic mass is 79.9. The van der Waals surface area contributed by atoms with E-state index in [1.54, 1.807) is 7.11 Å². The second-order valence-electron chi connectivity index (χ2n) is 4.38. The molecule has 0 saturated heterocycles. The maximum absolute atomic E-state index is 5.23. The van der Waals surface area contributed by atoms with E-state index in [1.807, 2.05) is 6.07 Å². The molecule has 0 atom stereocenters. The van der Waals surface area contributed by atoms with Crippen molar-refractivity contribution in [2.24, 2.45) is 0 Å². The summed E-state index contributed by atoms with van der Waals surface area (Å²) in [6, 6.07) is 14.6. The van der Waals surface area contributed by atoms with E-state index < -0.39 is 0 Å². The van der Waals surface area contributed by atoms with E-state index in [0.29, 0.717) is 0 Å². The van der Waals surface area contributed by atoms with Gasteiger partial charge in [0, 0.05) is 12.2 Å². The predicted molar refractivity (Wildman–Crippen MR) is 83.8 cm³/mol. The maximum atomic E-state index is 5.23. The molecule has 0 aliphatic rings. The van der Waals surface area contributed by atoms with E-state index in [1.165, 1.54) is 11.1 Å². The molecule has 2 aromatic rings. The largest absolute Gasteiger partial charge is 0.496 e. The van der Waals surface area contributed by atoms with Gasteiger partial charge in [0.15, 0.2) is 0 Å². The lowest BCUT2D eigenvalue weighted by Gasteiger charge is -2.09. The Bertz CT molecular complexity index is 554. The van der Waals surface area contributed by atoms with Crippen molar-refractivity contribution in [3.63, 3.8) is 0 Å². The molecule has 0 aliphatic heterocycles. The van der Waals surface area contributed by atoms with Crippen LogP contribution in [0.15, 0.2) is 46.9 Å². The molecule has 0 fully saturated rings. The van der Waals surface area contributed by atoms with E-state index in [0.717, 1.165) is 28.9 Å². The van der Waals surface area contributed by atoms with Crippen molar-refractivity contribution in [2.75, 3.05) is 12.4 Å². The smallest absolute Gasteiger partial charge is 0.133 e. The Kier molecular flexibility index (Phi) is 4.86. The fraction of sp³-hybridized carbons (Fsp3) is 0.250. The van der Waals surface area contributed by atoms with Crippen LogP contribution in [0.5, 0.6) is 5.75 Å². The lowest BCUT2D eigenvalue weighted by Crippen LogP contribution is -2.00. The number of aryl methyl sites for hydroxylation is 1. The number of ether oxygens (including phenoxy) is 1. The topological polar surface area (TPSA) is 21.3 Å². The molecule has 0 unspecified atom stereocenters. The Balaban J connectivity index is 2.03. The summed E-state index contributed by atoms with van der Waals surface area (Å²) in [6.07, 6.45) is 1.06. The first-order chi connectivity index (χ1) is 9.22. The van der Waals surface area contributed by atoms with Crippen molar-refractivity contribution in [1.82, 2.24) is 0 Å². The van der Waals surface area contributed by atoms with Crippen LogP contribution in [0.3, 0.4) is 0 Å². The Morgan fingerprint density at radius 1 is 1.11 bits per heavy atom. The average molecular weight is 320 g/mol. The molecule has 2 aromatic carbocycles. The van der Waals surface area contributed by atoms with Crippen LogP contribution in [0.1, 0.15) is 18.1 Å². The highest BCUT2D eigenvalue weighted by molar-refractivity contribution is 9.10. The normalized spacial score (nSPS) is 10.3. The Morgan fingerprint density at radius 2 is 1.95 bits per heavy atom. The third-order valence-electron chi connectivity index (χ3n) is 3.05. The van der Waals surface area contributed by atoms with Crippen LogP contribution in [-0.4, -0.2) is 7.11 Å². The first kappa shape index (κ1) is 13.9. The zero-order chi connectivity index (χ0) is 13.7. The van der Waals surface area contributed by atoms with Crippen LogP contribution in [0, 0.1) is 0 Å². The fourth-order valence-corrected chi connectivity index (χ4v) is 2.51. The summed E-state index contributed by atoms with van der Waals surface area (Å²) in [7, 11) is 1.67. The van der Waals surface area contributed by atoms with E-state index in [9.17, 15) is 0 Å². The number of benzene rings is 2. The van der Waals surface area contributed by atoms with Gasteiger partial charge in [-0.25, -0.2) is 0 Å². The van der Waals surface area contributed by atoms with Gasteiger partial charge in [-0.15, -0.1) is 0 Å². The predicted octanol–water partition coefficient (Wildman–Crippen LogP) is 4.63. The van der Waals surface area contributed by atoms with Crippen molar-refractivity contribution in [2.45, 2.75) is 19.9 Å². The van der Waals surface area contributed by atoms with Gasteiger partial charge in [0.1, 0.15) is 5.75 Å². The molecule has 0 amide bonds. The number of halogens is 1. The number of nitrogens with one attached hydrogen (secondary N) is 1. The number of hydrogen-bond acceptors (Lipinski definition) is 2. The number of anilines is 1. The van der Waals surface area contributed by atoms with E-state index in [2.05, 4.69) is 64.6 Å². The zero-order valence-corrected chi connectivity index (χ0v) is 12.8. The standard InChI is InChI=1S/C16H18BrNO/c1-3-12-5-4-6-14(9-12)18-11-13-7-8-16(19-2)15(17)10-13/h4-10,18H,3,11H2,1-2H3. The summed E-state index contributed by atoms with van der Waals surface area (Å²) < 4.78 is 6.21. The third-order valence-corrected chi connectivity index (χ3v) is 3.67. The Morgan fingerprint density at radius 3 is 2.63 bits per heavy atom. The number of rotatable bonds is 5. The molecular formula is C16H18BrNO. The Labute approximate surface area is 122 Å². The lowest BCUT2D eigenvalue weighted by atomic mass is 10.1. The molecule has 100 valence electrons. The highest BCUT2D eigenvalue weighted by Gasteiger charge is 2.01. The summed E-state index contributed by atoms with van der Waals surface area (Å²) in [4.78, 5) is 0. The highest BCUT2D eigenvalue weighted by Crippen LogP contribution is 2.25. The molecule has 2 nitrogen and oxygen atoms in total. The summed E-state index contributed by atoms with van der Waals surface area (Å²) in [5.41, 5.74) is 3.72. The molecule has 2 rings (SSSR count). The first-order valence-corrected chi connectivity index (χ1v) is 7.17. The molecule has 0 saturated carbocycles. The third kappa shape index (κ3) is 3.74. The van der Waals surface area contributed by atoms with Gasteiger partial charge in [0.2, 0.25) is 0 Å². The van der Waals surface area contributed by atoms with Gasteiger partial charge in [-0.3, -0.25) is 0 Å². The second kappa shape index (κ2) is 6.62. The summed E-state index contributed by atoms with van der Waals surface area (Å²) in [5, 5.41) is 3.44. The molecule has 19 heavy (non-hydrogen) atoms. The lowest BCUT2D eigenvalue weighted by molar-refractivity contribution is 0.412. The quantitative estimate of drug-likeness (QED) is 0.867. The monoisotopic (exact) mass is 319 g/mol. The van der Waals surface area contributed by atoms with Crippen LogP contribution in [0.2, 0.25) is 0 Å². The van der Waals surface area contributed by atoms with Gasteiger partial charge in [-0.05, 0) is 57.7 Å². The van der Waals surface area contributed by atoms with Crippen LogP contribution in [0.4, 0.5) is 5.69 Å². The van der Waals surface area contributed by atoms with Gasteiger partial charge in [0.05, 0.1) is 11.6 Å². The zero-order valence-electron chi connectivity index (χ0n) is 11.2. The molecule has 0 radical (unpaired) electrons. The van der Waals surface area contributed by atoms with Gasteiger partial charge in [0.25, 0.3) is 0 Å². The molecule has 0 aromatic heterocycles. The molecule has 0 aliphatic carbocycles. The van der Waals surface area contributed by atoms with Gasteiger partial charge >= 0.3 is 0 Å². The van der Waals surface area contributed by atoms with Gasteiger partial charge in [-0.1, -0.05) is 25.1 Å². The van der Waals surface area contributed by atoms with Gasteiger partial charge < -0.3 is 10.1 Å². The Hall–Kier alpha value is -1.48. The molecule has 0 heterocycles. The minimum Gasteiger partial charge on any atom is -0.496 e. The first-order valence-electron chi connectivity index (χ1n) is 6.38. The minimum atomic E-state index is 0.801. The summed E-state index contributed by atoms with van der Waals surface area (Å²) in [5.74, 6) is 0.858. The molecule has 1 N–H and O–H groups in total. The van der Waals surface area contributed by atoms with Crippen molar-refractivity contribution in [3.05, 3.63) is 58.1 Å². The van der Waals surface area contributed by atoms with Crippen LogP contribution in [0.25, 0.3) is 0 Å². The van der Waals surface area contributed by atoms with Crippen LogP contribution >= 0.6 is 15.9 Å². The molecule has 3 heteroatoms. The fourth-order valence-electron chi connectivity index (χ4n) is 1.93. The average Bonchev–Trinajstić information content (AvgIpc) is 2.45. The van der Waals surface area contributed by atoms with E-state index in [-0.39, 0.29) is 0 Å². The minimum absolute atomic E-state index is 0.801.